The van der Waals surface area contributed by atoms with Crippen molar-refractivity contribution in [2.24, 2.45) is 0 Å². The largest absolute Gasteiger partial charge is 0.427 e. The van der Waals surface area contributed by atoms with Crippen molar-refractivity contribution >= 4 is 56.4 Å². The number of pyridine rings is 1. The molecule has 0 aliphatic rings. The number of aliphatic hydroxyl groups is 1. The van der Waals surface area contributed by atoms with Gasteiger partial charge in [0.1, 0.15) is 0 Å². The number of aromatic nitrogens is 2. The van der Waals surface area contributed by atoms with Crippen LogP contribution in [0.25, 0.3) is 60.4 Å². The second-order valence-corrected chi connectivity index (χ2v) is 11.9. The van der Waals surface area contributed by atoms with E-state index < -0.39 is 11.2 Å². The van der Waals surface area contributed by atoms with E-state index in [1.165, 1.54) is 16.2 Å². The molecule has 0 amide bonds. The summed E-state index contributed by atoms with van der Waals surface area (Å²) in [7, 11) is 1.75. The molecule has 1 N–H and O–H groups in total. The lowest BCUT2D eigenvalue weighted by molar-refractivity contribution is -0.0893. The first-order valence-corrected chi connectivity index (χ1v) is 14.4. The summed E-state index contributed by atoms with van der Waals surface area (Å²) in [6.07, 6.45) is 0. The third kappa shape index (κ3) is 4.20. The van der Waals surface area contributed by atoms with E-state index in [0.29, 0.717) is 0 Å². The fourth-order valence-corrected chi connectivity index (χ4v) is 5.72. The molecule has 4 nitrogen and oxygen atoms in total. The number of para-hydroxylation sites is 3. The minimum absolute atomic E-state index is 0.801. The number of hydrogen-bond donors (Lipinski definition) is 1. The molecule has 2 aromatic heterocycles. The van der Waals surface area contributed by atoms with Gasteiger partial charge in [0.2, 0.25) is 0 Å². The molecular formula is C37H32BN2O2. The van der Waals surface area contributed by atoms with E-state index in [4.69, 9.17) is 9.64 Å². The highest BCUT2D eigenvalue weighted by molar-refractivity contribution is 6.52. The molecule has 1 radical (unpaired) electrons. The number of hydrogen-bond acceptors (Lipinski definition) is 3. The average molecular weight is 547 g/mol. The highest BCUT2D eigenvalue weighted by Gasteiger charge is 2.36. The van der Waals surface area contributed by atoms with Crippen LogP contribution in [0.2, 0.25) is 0 Å². The molecule has 0 saturated heterocycles. The average Bonchev–Trinajstić information content (AvgIpc) is 3.34. The van der Waals surface area contributed by atoms with Gasteiger partial charge in [-0.1, -0.05) is 91.0 Å². The fourth-order valence-electron chi connectivity index (χ4n) is 5.72. The molecule has 0 spiro atoms. The topological polar surface area (TPSA) is 47.3 Å². The third-order valence-corrected chi connectivity index (χ3v) is 8.67. The van der Waals surface area contributed by atoms with Gasteiger partial charge in [-0.2, -0.15) is 0 Å². The maximum Gasteiger partial charge on any atom is 0.333 e. The van der Waals surface area contributed by atoms with Crippen LogP contribution >= 0.6 is 0 Å². The maximum absolute atomic E-state index is 10.7. The Morgan fingerprint density at radius 1 is 0.643 bits per heavy atom. The van der Waals surface area contributed by atoms with E-state index in [-0.39, 0.29) is 0 Å². The van der Waals surface area contributed by atoms with Crippen LogP contribution in [-0.4, -0.2) is 33.3 Å². The van der Waals surface area contributed by atoms with Gasteiger partial charge < -0.3 is 14.3 Å². The van der Waals surface area contributed by atoms with E-state index in [2.05, 4.69) is 108 Å². The van der Waals surface area contributed by atoms with Gasteiger partial charge in [0.05, 0.1) is 33.4 Å². The second kappa shape index (κ2) is 9.83. The highest BCUT2D eigenvalue weighted by atomic mass is 16.5. The first-order valence-electron chi connectivity index (χ1n) is 14.4. The van der Waals surface area contributed by atoms with Crippen LogP contribution in [0.1, 0.15) is 27.7 Å². The summed E-state index contributed by atoms with van der Waals surface area (Å²) in [5, 5.41) is 16.4. The van der Waals surface area contributed by atoms with Gasteiger partial charge in [0.15, 0.2) is 0 Å². The zero-order valence-electron chi connectivity index (χ0n) is 24.3. The SMILES string of the molecule is CC(C)(O)C(C)(C)O[B]c1cccc2c1nc(-c1ccccc1)c1ccc3c(c4ccccc4n3-c3ccccc3)c12. The highest BCUT2D eigenvalue weighted by Crippen LogP contribution is 2.42. The number of benzene rings is 5. The Balaban J connectivity index is 1.60. The smallest absolute Gasteiger partial charge is 0.333 e. The normalized spacial score (nSPS) is 12.5. The summed E-state index contributed by atoms with van der Waals surface area (Å²) in [5.41, 5.74) is 5.32. The molecule has 2 heterocycles. The van der Waals surface area contributed by atoms with Crippen molar-refractivity contribution in [3.05, 3.63) is 115 Å². The second-order valence-electron chi connectivity index (χ2n) is 11.9. The van der Waals surface area contributed by atoms with Crippen LogP contribution in [0.4, 0.5) is 0 Å². The number of nitrogens with zero attached hydrogens (tertiary/aromatic N) is 2. The Bertz CT molecular complexity index is 2090. The molecule has 0 fully saturated rings. The summed E-state index contributed by atoms with van der Waals surface area (Å²) in [6, 6.07) is 40.2. The molecule has 0 saturated carbocycles. The van der Waals surface area contributed by atoms with Gasteiger partial charge in [-0.15, -0.1) is 0 Å². The van der Waals surface area contributed by atoms with Crippen molar-refractivity contribution < 1.29 is 9.76 Å². The van der Waals surface area contributed by atoms with E-state index in [0.717, 1.165) is 49.7 Å². The van der Waals surface area contributed by atoms with Crippen molar-refractivity contribution in [2.45, 2.75) is 38.9 Å². The summed E-state index contributed by atoms with van der Waals surface area (Å²) in [4.78, 5) is 5.31. The molecule has 7 aromatic rings. The molecule has 0 aliphatic heterocycles. The molecule has 0 bridgehead atoms. The predicted molar refractivity (Wildman–Crippen MR) is 176 cm³/mol. The van der Waals surface area contributed by atoms with Crippen LogP contribution in [0.3, 0.4) is 0 Å². The van der Waals surface area contributed by atoms with Crippen LogP contribution in [0.15, 0.2) is 115 Å². The van der Waals surface area contributed by atoms with Crippen LogP contribution in [-0.2, 0) is 4.65 Å². The predicted octanol–water partition coefficient (Wildman–Crippen LogP) is 7.96. The van der Waals surface area contributed by atoms with Gasteiger partial charge in [-0.25, -0.2) is 4.98 Å². The number of rotatable bonds is 6. The van der Waals surface area contributed by atoms with Crippen molar-refractivity contribution in [3.63, 3.8) is 0 Å². The Kier molecular flexibility index (Phi) is 6.19. The summed E-state index contributed by atoms with van der Waals surface area (Å²) < 4.78 is 8.60. The number of fused-ring (bicyclic) bond motifs is 7. The van der Waals surface area contributed by atoms with Gasteiger partial charge in [0, 0.05) is 38.2 Å². The summed E-state index contributed by atoms with van der Waals surface area (Å²) in [6.45, 7) is 7.33. The Labute approximate surface area is 246 Å². The van der Waals surface area contributed by atoms with E-state index in [1.807, 2.05) is 26.0 Å². The van der Waals surface area contributed by atoms with Gasteiger partial charge in [-0.3, -0.25) is 0 Å². The molecule has 0 aliphatic carbocycles. The lowest BCUT2D eigenvalue weighted by Gasteiger charge is -2.37. The lowest BCUT2D eigenvalue weighted by Crippen LogP contribution is -2.49. The van der Waals surface area contributed by atoms with Crippen molar-refractivity contribution in [3.8, 4) is 16.9 Å². The monoisotopic (exact) mass is 547 g/mol. The first-order chi connectivity index (χ1) is 20.2. The Morgan fingerprint density at radius 3 is 2.05 bits per heavy atom. The molecule has 42 heavy (non-hydrogen) atoms. The molecule has 7 rings (SSSR count). The van der Waals surface area contributed by atoms with Gasteiger partial charge in [0.25, 0.3) is 0 Å². The molecule has 205 valence electrons. The van der Waals surface area contributed by atoms with Crippen LogP contribution in [0, 0.1) is 0 Å². The van der Waals surface area contributed by atoms with Crippen LogP contribution in [0.5, 0.6) is 0 Å². The molecule has 0 unspecified atom stereocenters. The minimum atomic E-state index is -1.03. The van der Waals surface area contributed by atoms with Crippen molar-refractivity contribution in [2.75, 3.05) is 0 Å². The summed E-state index contributed by atoms with van der Waals surface area (Å²) >= 11 is 0. The maximum atomic E-state index is 10.7. The first kappa shape index (κ1) is 26.5. The van der Waals surface area contributed by atoms with E-state index in [1.54, 1.807) is 21.3 Å². The summed E-state index contributed by atoms with van der Waals surface area (Å²) in [5.74, 6) is 0. The fraction of sp³-hybridized carbons (Fsp3) is 0.162. The molecule has 5 heteroatoms. The standard InChI is InChI=1S/C37H32BN2O2/c1-36(2,41)37(3,4)42-38-29-20-13-19-27-32-28(34(39-35(27)29)24-14-7-5-8-15-24)22-23-31-33(32)26-18-11-12-21-30(26)40(31)25-16-9-6-10-17-25/h5-23,41H,1-4H3. The van der Waals surface area contributed by atoms with Crippen LogP contribution < -0.4 is 5.46 Å². The molecule has 0 atom stereocenters. The van der Waals surface area contributed by atoms with Gasteiger partial charge >= 0.3 is 7.48 Å². The van der Waals surface area contributed by atoms with E-state index in [9.17, 15) is 5.11 Å². The van der Waals surface area contributed by atoms with Gasteiger partial charge in [-0.05, 0) is 57.4 Å². The Hall–Kier alpha value is -4.45. The Morgan fingerprint density at radius 2 is 1.31 bits per heavy atom. The quantitative estimate of drug-likeness (QED) is 0.170. The zero-order valence-corrected chi connectivity index (χ0v) is 24.3. The van der Waals surface area contributed by atoms with Crippen molar-refractivity contribution in [1.82, 2.24) is 9.55 Å². The minimum Gasteiger partial charge on any atom is -0.427 e. The van der Waals surface area contributed by atoms with E-state index >= 15 is 0 Å². The lowest BCUT2D eigenvalue weighted by atomic mass is 9.81. The third-order valence-electron chi connectivity index (χ3n) is 8.67. The molecule has 5 aromatic carbocycles. The molecular weight excluding hydrogens is 515 g/mol. The zero-order chi connectivity index (χ0) is 29.1. The van der Waals surface area contributed by atoms with Crippen molar-refractivity contribution in [1.29, 1.82) is 0 Å².